The minimum atomic E-state index is -0.243. The molecule has 1 aliphatic carbocycles. The zero-order valence-electron chi connectivity index (χ0n) is 21.2. The Morgan fingerprint density at radius 1 is 1.14 bits per heavy atom. The van der Waals surface area contributed by atoms with Gasteiger partial charge in [-0.15, -0.1) is 0 Å². The van der Waals surface area contributed by atoms with Gasteiger partial charge in [-0.3, -0.25) is 4.90 Å². The van der Waals surface area contributed by atoms with E-state index >= 15 is 0 Å². The van der Waals surface area contributed by atoms with Crippen molar-refractivity contribution in [1.82, 2.24) is 4.90 Å². The van der Waals surface area contributed by atoms with Crippen LogP contribution in [0.25, 0.3) is 0 Å². The molecular weight excluding hydrogens is 452 g/mol. The van der Waals surface area contributed by atoms with Crippen LogP contribution in [0.1, 0.15) is 43.7 Å². The van der Waals surface area contributed by atoms with Gasteiger partial charge in [0.05, 0.1) is 31.3 Å². The number of para-hydroxylation sites is 1. The number of anilines is 1. The highest BCUT2D eigenvalue weighted by molar-refractivity contribution is 5.93. The SMILES string of the molecule is CCC(CC1CC(C(=O)OC)=C2Nc3ccccc3[C@@]23CCN(Cc2ccccc2)[C@@H]13)C1OCCO1. The summed E-state index contributed by atoms with van der Waals surface area (Å²) in [5, 5.41) is 3.69. The Morgan fingerprint density at radius 3 is 2.64 bits per heavy atom. The number of esters is 1. The smallest absolute Gasteiger partial charge is 0.335 e. The van der Waals surface area contributed by atoms with Crippen molar-refractivity contribution in [1.29, 1.82) is 0 Å². The molecule has 1 N–H and O–H groups in total. The first-order chi connectivity index (χ1) is 17.7. The molecule has 0 saturated carbocycles. The number of nitrogens with zero attached hydrogens (tertiary/aromatic N) is 1. The average Bonchev–Trinajstić information content (AvgIpc) is 3.65. The van der Waals surface area contributed by atoms with Crippen LogP contribution >= 0.6 is 0 Å². The maximum atomic E-state index is 13.2. The summed E-state index contributed by atoms with van der Waals surface area (Å²) in [6.45, 7) is 5.43. The summed E-state index contributed by atoms with van der Waals surface area (Å²) in [6, 6.07) is 19.6. The van der Waals surface area contributed by atoms with Crippen molar-refractivity contribution < 1.29 is 19.0 Å². The molecule has 4 aliphatic rings. The number of methoxy groups -OCH3 is 1. The number of hydrogen-bond acceptors (Lipinski definition) is 6. The number of fused-ring (bicyclic) bond motifs is 1. The van der Waals surface area contributed by atoms with Crippen molar-refractivity contribution in [3.63, 3.8) is 0 Å². The molecule has 2 aromatic rings. The largest absolute Gasteiger partial charge is 0.466 e. The Bertz CT molecular complexity index is 1140. The first-order valence-corrected chi connectivity index (χ1v) is 13.4. The van der Waals surface area contributed by atoms with E-state index in [0.29, 0.717) is 25.6 Å². The van der Waals surface area contributed by atoms with Crippen LogP contribution in [0.5, 0.6) is 0 Å². The number of likely N-dealkylation sites (tertiary alicyclic amines) is 1. The number of rotatable bonds is 7. The van der Waals surface area contributed by atoms with Gasteiger partial charge in [0.2, 0.25) is 0 Å². The van der Waals surface area contributed by atoms with Crippen LogP contribution in [0.2, 0.25) is 0 Å². The van der Waals surface area contributed by atoms with E-state index in [1.807, 2.05) is 0 Å². The van der Waals surface area contributed by atoms with E-state index in [1.165, 1.54) is 18.2 Å². The maximum Gasteiger partial charge on any atom is 0.335 e. The zero-order chi connectivity index (χ0) is 24.7. The van der Waals surface area contributed by atoms with E-state index < -0.39 is 0 Å². The predicted molar refractivity (Wildman–Crippen MR) is 138 cm³/mol. The summed E-state index contributed by atoms with van der Waals surface area (Å²) in [5.41, 5.74) is 5.39. The van der Waals surface area contributed by atoms with E-state index in [4.69, 9.17) is 14.2 Å². The molecule has 3 aliphatic heterocycles. The van der Waals surface area contributed by atoms with Crippen LogP contribution in [-0.2, 0) is 31.0 Å². The topological polar surface area (TPSA) is 60.0 Å². The lowest BCUT2D eigenvalue weighted by atomic mass is 9.61. The van der Waals surface area contributed by atoms with Crippen LogP contribution in [0.4, 0.5) is 5.69 Å². The molecule has 2 aromatic carbocycles. The van der Waals surface area contributed by atoms with Gasteiger partial charge in [0.15, 0.2) is 6.29 Å². The van der Waals surface area contributed by atoms with Crippen molar-refractivity contribution in [2.75, 3.05) is 32.2 Å². The summed E-state index contributed by atoms with van der Waals surface area (Å²) < 4.78 is 17.3. The van der Waals surface area contributed by atoms with Crippen molar-refractivity contribution >= 4 is 11.7 Å². The Labute approximate surface area is 213 Å². The van der Waals surface area contributed by atoms with Crippen LogP contribution in [0.3, 0.4) is 0 Å². The maximum absolute atomic E-state index is 13.2. The van der Waals surface area contributed by atoms with Crippen molar-refractivity contribution in [2.24, 2.45) is 11.8 Å². The third kappa shape index (κ3) is 3.78. The molecule has 0 radical (unpaired) electrons. The number of benzene rings is 2. The molecule has 1 spiro atoms. The molecule has 4 atom stereocenters. The first-order valence-electron chi connectivity index (χ1n) is 13.4. The summed E-state index contributed by atoms with van der Waals surface area (Å²) in [4.78, 5) is 15.9. The van der Waals surface area contributed by atoms with Gasteiger partial charge in [0.1, 0.15) is 0 Å². The van der Waals surface area contributed by atoms with Gasteiger partial charge in [0.25, 0.3) is 0 Å². The van der Waals surface area contributed by atoms with Crippen molar-refractivity contribution in [3.8, 4) is 0 Å². The Balaban J connectivity index is 1.45. The molecule has 2 unspecified atom stereocenters. The van der Waals surface area contributed by atoms with Gasteiger partial charge in [-0.05, 0) is 48.8 Å². The number of carbonyl (C=O) groups is 1. The van der Waals surface area contributed by atoms with Gasteiger partial charge >= 0.3 is 5.97 Å². The van der Waals surface area contributed by atoms with E-state index in [-0.39, 0.29) is 29.6 Å². The first kappa shape index (κ1) is 23.7. The second-order valence-corrected chi connectivity index (χ2v) is 10.6. The fraction of sp³-hybridized carbons (Fsp3) is 0.500. The Morgan fingerprint density at radius 2 is 1.89 bits per heavy atom. The lowest BCUT2D eigenvalue weighted by molar-refractivity contribution is -0.137. The molecule has 3 heterocycles. The normalized spacial score (nSPS) is 28.4. The van der Waals surface area contributed by atoms with Gasteiger partial charge in [0, 0.05) is 36.4 Å². The number of carbonyl (C=O) groups excluding carboxylic acids is 1. The molecular formula is C30H36N2O4. The van der Waals surface area contributed by atoms with Crippen LogP contribution in [0, 0.1) is 11.8 Å². The fourth-order valence-corrected chi connectivity index (χ4v) is 7.39. The van der Waals surface area contributed by atoms with Crippen molar-refractivity contribution in [2.45, 2.75) is 56.9 Å². The van der Waals surface area contributed by atoms with E-state index in [2.05, 4.69) is 71.7 Å². The Hall–Kier alpha value is -2.67. The number of nitrogens with one attached hydrogen (secondary N) is 1. The van der Waals surface area contributed by atoms with Crippen LogP contribution in [0.15, 0.2) is 65.9 Å². The molecule has 0 amide bonds. The highest BCUT2D eigenvalue weighted by atomic mass is 16.7. The standard InChI is InChI=1S/C30H36N2O4/c1-3-21(29-35-15-16-36-29)17-22-18-23(28(33)34-2)26-30(24-11-7-8-12-25(24)31-26)13-14-32(27(22)30)19-20-9-5-4-6-10-20/h4-12,21-22,27,29,31H,3,13-19H2,1-2H3/t21?,22?,27-,30-/m0/s1. The summed E-state index contributed by atoms with van der Waals surface area (Å²) in [7, 11) is 1.50. The highest BCUT2D eigenvalue weighted by Crippen LogP contribution is 2.60. The minimum Gasteiger partial charge on any atom is -0.466 e. The summed E-state index contributed by atoms with van der Waals surface area (Å²) >= 11 is 0. The van der Waals surface area contributed by atoms with Crippen LogP contribution in [-0.4, -0.2) is 50.1 Å². The molecule has 36 heavy (non-hydrogen) atoms. The average molecular weight is 489 g/mol. The van der Waals surface area contributed by atoms with E-state index in [9.17, 15) is 4.79 Å². The van der Waals surface area contributed by atoms with Crippen LogP contribution < -0.4 is 5.32 Å². The highest BCUT2D eigenvalue weighted by Gasteiger charge is 2.61. The molecule has 2 saturated heterocycles. The van der Waals surface area contributed by atoms with Gasteiger partial charge in [-0.2, -0.15) is 0 Å². The second kappa shape index (κ2) is 9.66. The lowest BCUT2D eigenvalue weighted by Crippen LogP contribution is -2.52. The monoisotopic (exact) mass is 488 g/mol. The molecule has 0 aromatic heterocycles. The van der Waals surface area contributed by atoms with E-state index in [1.54, 1.807) is 0 Å². The quantitative estimate of drug-likeness (QED) is 0.562. The third-order valence-electron chi connectivity index (χ3n) is 8.84. The van der Waals surface area contributed by atoms with Gasteiger partial charge in [-0.1, -0.05) is 55.5 Å². The molecule has 2 fully saturated rings. The number of ether oxygens (including phenoxy) is 3. The van der Waals surface area contributed by atoms with Gasteiger partial charge < -0.3 is 19.5 Å². The minimum absolute atomic E-state index is 0.157. The lowest BCUT2D eigenvalue weighted by Gasteiger charge is -2.47. The van der Waals surface area contributed by atoms with Gasteiger partial charge in [-0.25, -0.2) is 4.79 Å². The second-order valence-electron chi connectivity index (χ2n) is 10.6. The summed E-state index contributed by atoms with van der Waals surface area (Å²) in [6.07, 6.45) is 3.46. The number of hydrogen-bond donors (Lipinski definition) is 1. The Kier molecular flexibility index (Phi) is 6.36. The molecule has 6 heteroatoms. The zero-order valence-corrected chi connectivity index (χ0v) is 21.2. The molecule has 6 nitrogen and oxygen atoms in total. The fourth-order valence-electron chi connectivity index (χ4n) is 7.39. The third-order valence-corrected chi connectivity index (χ3v) is 8.84. The molecule has 6 rings (SSSR count). The van der Waals surface area contributed by atoms with Crippen molar-refractivity contribution in [3.05, 3.63) is 77.0 Å². The molecule has 0 bridgehead atoms. The summed E-state index contributed by atoms with van der Waals surface area (Å²) in [5.74, 6) is 0.356. The van der Waals surface area contributed by atoms with E-state index in [0.717, 1.165) is 49.3 Å². The predicted octanol–water partition coefficient (Wildman–Crippen LogP) is 4.86. The molecule has 190 valence electrons.